The standard InChI is InChI=1S/C23H32FN7O.C13H14N2O3/c24-19-8-4-7-18(22(19)32)20(25)13-21(23(26)27)31-15-17(14-28-31)30-11-9-29(10-12-30)16-5-2-1-3-6-16;16-12-6-5-10(13(17)14-12)15-7-8-18-11-4-2-1-3-9(11)15/h4,7-8,13-16,32H,1-3,5-6,9-12,25-27H2;1-4,10H,5-8H2,(H,14,16,17)/b20-13-;. The van der Waals surface area contributed by atoms with Gasteiger partial charge in [-0.2, -0.15) is 5.10 Å². The Bertz CT molecular complexity index is 1740. The molecule has 0 radical (unpaired) electrons. The van der Waals surface area contributed by atoms with Gasteiger partial charge in [0.05, 0.1) is 30.3 Å². The summed E-state index contributed by atoms with van der Waals surface area (Å²) < 4.78 is 20.8. The van der Waals surface area contributed by atoms with Crippen molar-refractivity contribution in [3.63, 3.8) is 0 Å². The number of piperazine rings is 1. The van der Waals surface area contributed by atoms with Gasteiger partial charge in [-0.25, -0.2) is 9.07 Å². The number of amides is 2. The zero-order valence-corrected chi connectivity index (χ0v) is 28.1. The van der Waals surface area contributed by atoms with Gasteiger partial charge in [0.1, 0.15) is 29.9 Å². The van der Waals surface area contributed by atoms with E-state index in [1.807, 2.05) is 35.4 Å². The number of ether oxygens (including phenoxy) is 1. The summed E-state index contributed by atoms with van der Waals surface area (Å²) in [5.41, 5.74) is 20.4. The van der Waals surface area contributed by atoms with E-state index in [1.54, 1.807) is 10.9 Å². The highest BCUT2D eigenvalue weighted by Gasteiger charge is 2.34. The van der Waals surface area contributed by atoms with Crippen molar-refractivity contribution in [3.8, 4) is 11.5 Å². The van der Waals surface area contributed by atoms with Crippen LogP contribution >= 0.6 is 0 Å². The summed E-state index contributed by atoms with van der Waals surface area (Å²) in [7, 11) is 0. The lowest BCUT2D eigenvalue weighted by molar-refractivity contribution is -0.134. The van der Waals surface area contributed by atoms with Crippen LogP contribution in [0.4, 0.5) is 15.8 Å². The Labute approximate surface area is 291 Å². The molecule has 3 aromatic rings. The molecule has 2 aromatic carbocycles. The van der Waals surface area contributed by atoms with Gasteiger partial charge in [0, 0.05) is 49.9 Å². The van der Waals surface area contributed by atoms with Crippen LogP contribution in [0.2, 0.25) is 0 Å². The van der Waals surface area contributed by atoms with E-state index in [0.717, 1.165) is 55.4 Å². The molecular formula is C36H46FN9O4. The van der Waals surface area contributed by atoms with Crippen molar-refractivity contribution in [2.24, 2.45) is 17.2 Å². The van der Waals surface area contributed by atoms with E-state index in [4.69, 9.17) is 21.9 Å². The van der Waals surface area contributed by atoms with Crippen LogP contribution in [0, 0.1) is 5.82 Å². The number of hydrogen-bond donors (Lipinski definition) is 5. The second-order valence-electron chi connectivity index (χ2n) is 13.0. The molecule has 4 aliphatic rings. The average Bonchev–Trinajstić information content (AvgIpc) is 3.62. The highest BCUT2D eigenvalue weighted by atomic mass is 19.1. The Morgan fingerprint density at radius 3 is 2.46 bits per heavy atom. The molecule has 1 atom stereocenters. The maximum Gasteiger partial charge on any atom is 0.249 e. The molecule has 1 unspecified atom stereocenters. The van der Waals surface area contributed by atoms with Crippen LogP contribution in [0.5, 0.6) is 11.5 Å². The number of anilines is 2. The average molecular weight is 688 g/mol. The van der Waals surface area contributed by atoms with Gasteiger partial charge in [-0.15, -0.1) is 0 Å². The quantitative estimate of drug-likeness (QED) is 0.190. The number of benzene rings is 2. The van der Waals surface area contributed by atoms with Crippen LogP contribution in [-0.2, 0) is 9.59 Å². The summed E-state index contributed by atoms with van der Waals surface area (Å²) in [6, 6.07) is 12.3. The highest BCUT2D eigenvalue weighted by molar-refractivity contribution is 6.01. The molecule has 2 amide bonds. The number of aromatic nitrogens is 2. The molecule has 50 heavy (non-hydrogen) atoms. The van der Waals surface area contributed by atoms with Gasteiger partial charge in [-0.05, 0) is 49.6 Å². The van der Waals surface area contributed by atoms with E-state index < -0.39 is 11.6 Å². The molecule has 0 bridgehead atoms. The summed E-state index contributed by atoms with van der Waals surface area (Å²) in [5, 5.41) is 16.8. The molecule has 1 saturated carbocycles. The first-order valence-electron chi connectivity index (χ1n) is 17.3. The Balaban J connectivity index is 0.000000202. The van der Waals surface area contributed by atoms with E-state index in [-0.39, 0.29) is 34.9 Å². The van der Waals surface area contributed by atoms with Crippen molar-refractivity contribution >= 4 is 34.6 Å². The first-order valence-corrected chi connectivity index (χ1v) is 17.3. The fourth-order valence-corrected chi connectivity index (χ4v) is 7.15. The predicted molar refractivity (Wildman–Crippen MR) is 190 cm³/mol. The molecule has 4 heterocycles. The van der Waals surface area contributed by atoms with Gasteiger partial charge in [0.15, 0.2) is 11.6 Å². The van der Waals surface area contributed by atoms with Crippen LogP contribution < -0.4 is 37.1 Å². The zero-order chi connectivity index (χ0) is 35.2. The van der Waals surface area contributed by atoms with E-state index in [1.165, 1.54) is 50.3 Å². The van der Waals surface area contributed by atoms with Crippen LogP contribution in [0.1, 0.15) is 50.5 Å². The smallest absolute Gasteiger partial charge is 0.249 e. The number of rotatable bonds is 6. The molecule has 7 rings (SSSR count). The molecule has 266 valence electrons. The van der Waals surface area contributed by atoms with E-state index in [2.05, 4.69) is 20.2 Å². The lowest BCUT2D eigenvalue weighted by Crippen LogP contribution is -2.54. The number of nitrogens with one attached hydrogen (secondary N) is 1. The number of allylic oxidation sites excluding steroid dienone is 2. The SMILES string of the molecule is NC(N)=C(/C=C(\N)c1cccc(F)c1O)n1cc(N2CCN(C3CCCCC3)CC2)cn1.O=C1CCC(N2CCOc3ccccc32)C(=O)N1. The lowest BCUT2D eigenvalue weighted by Gasteiger charge is -2.41. The number of halogens is 1. The van der Waals surface area contributed by atoms with Crippen molar-refractivity contribution < 1.29 is 23.8 Å². The van der Waals surface area contributed by atoms with Gasteiger partial charge in [-0.3, -0.25) is 19.8 Å². The maximum absolute atomic E-state index is 13.7. The number of nitrogens with zero attached hydrogens (tertiary/aromatic N) is 5. The minimum absolute atomic E-state index is 0.0145. The summed E-state index contributed by atoms with van der Waals surface area (Å²) in [6.45, 7) is 5.20. The van der Waals surface area contributed by atoms with Crippen molar-refractivity contribution in [1.29, 1.82) is 0 Å². The molecule has 2 saturated heterocycles. The molecule has 14 heteroatoms. The third kappa shape index (κ3) is 7.80. The molecule has 8 N–H and O–H groups in total. The summed E-state index contributed by atoms with van der Waals surface area (Å²) >= 11 is 0. The topological polar surface area (TPSA) is 181 Å². The number of aromatic hydroxyl groups is 1. The number of para-hydroxylation sites is 3. The fourth-order valence-electron chi connectivity index (χ4n) is 7.15. The van der Waals surface area contributed by atoms with Gasteiger partial charge in [-0.1, -0.05) is 37.5 Å². The summed E-state index contributed by atoms with van der Waals surface area (Å²) in [6.07, 6.45) is 12.8. The molecule has 1 aromatic heterocycles. The van der Waals surface area contributed by atoms with Gasteiger partial charge < -0.3 is 36.8 Å². The second kappa shape index (κ2) is 15.5. The minimum atomic E-state index is -0.751. The first kappa shape index (κ1) is 34.6. The Morgan fingerprint density at radius 2 is 1.72 bits per heavy atom. The molecule has 0 spiro atoms. The number of phenolic OH excluding ortho intramolecular Hbond substituents is 1. The van der Waals surface area contributed by atoms with Gasteiger partial charge in [0.25, 0.3) is 0 Å². The van der Waals surface area contributed by atoms with Crippen molar-refractivity contribution in [2.75, 3.05) is 49.1 Å². The number of carbonyl (C=O) groups is 2. The van der Waals surface area contributed by atoms with Crippen LogP contribution in [0.15, 0.2) is 66.8 Å². The molecule has 3 aliphatic heterocycles. The largest absolute Gasteiger partial charge is 0.504 e. The van der Waals surface area contributed by atoms with Gasteiger partial charge >= 0.3 is 0 Å². The third-order valence-electron chi connectivity index (χ3n) is 9.82. The number of hydrogen-bond acceptors (Lipinski definition) is 11. The van der Waals surface area contributed by atoms with Crippen molar-refractivity contribution in [1.82, 2.24) is 20.0 Å². The minimum Gasteiger partial charge on any atom is -0.504 e. The molecular weight excluding hydrogens is 641 g/mol. The third-order valence-corrected chi connectivity index (χ3v) is 9.82. The number of imide groups is 1. The predicted octanol–water partition coefficient (Wildman–Crippen LogP) is 2.92. The van der Waals surface area contributed by atoms with E-state index >= 15 is 0 Å². The molecule has 3 fully saturated rings. The summed E-state index contributed by atoms with van der Waals surface area (Å²) in [5.74, 6) is -0.846. The monoisotopic (exact) mass is 687 g/mol. The number of nitrogens with two attached hydrogens (primary N) is 3. The van der Waals surface area contributed by atoms with Crippen molar-refractivity contribution in [2.45, 2.75) is 57.0 Å². The second-order valence-corrected chi connectivity index (χ2v) is 13.0. The number of phenols is 1. The maximum atomic E-state index is 13.7. The fraction of sp³-hybridized carbons (Fsp3) is 0.417. The van der Waals surface area contributed by atoms with E-state index in [9.17, 15) is 19.1 Å². The van der Waals surface area contributed by atoms with Crippen LogP contribution in [0.25, 0.3) is 11.4 Å². The number of carbonyl (C=O) groups excluding carboxylic acids is 2. The lowest BCUT2D eigenvalue weighted by atomic mass is 9.94. The molecule has 1 aliphatic carbocycles. The molecule has 13 nitrogen and oxygen atoms in total. The Kier molecular flexibility index (Phi) is 10.8. The highest BCUT2D eigenvalue weighted by Crippen LogP contribution is 2.34. The zero-order valence-electron chi connectivity index (χ0n) is 28.1. The van der Waals surface area contributed by atoms with Gasteiger partial charge in [0.2, 0.25) is 11.8 Å². The normalized spacial score (nSPS) is 20.3. The first-order chi connectivity index (χ1) is 24.2. The van der Waals surface area contributed by atoms with E-state index in [0.29, 0.717) is 31.7 Å². The van der Waals surface area contributed by atoms with Crippen LogP contribution in [-0.4, -0.2) is 83.0 Å². The Morgan fingerprint density at radius 1 is 0.960 bits per heavy atom. The Hall–Kier alpha value is -5.24. The number of piperidine rings is 1. The van der Waals surface area contributed by atoms with Crippen molar-refractivity contribution in [3.05, 3.63) is 78.1 Å². The summed E-state index contributed by atoms with van der Waals surface area (Å²) in [4.78, 5) is 30.0. The number of fused-ring (bicyclic) bond motifs is 1. The van der Waals surface area contributed by atoms with Crippen LogP contribution in [0.3, 0.4) is 0 Å².